The molecule has 1 saturated heterocycles. The zero-order valence-electron chi connectivity index (χ0n) is 20.2. The van der Waals surface area contributed by atoms with Crippen LogP contribution in [0, 0.1) is 0 Å². The van der Waals surface area contributed by atoms with Crippen molar-refractivity contribution in [2.45, 2.75) is 52.4 Å². The number of carbonyl (C=O) groups excluding carboxylic acids is 1. The van der Waals surface area contributed by atoms with Crippen molar-refractivity contribution in [2.24, 2.45) is 0 Å². The summed E-state index contributed by atoms with van der Waals surface area (Å²) in [6.45, 7) is 10.4. The molecular formula is C27H32ClN5O. The summed E-state index contributed by atoms with van der Waals surface area (Å²) in [7, 11) is 0. The Morgan fingerprint density at radius 3 is 2.21 bits per heavy atom. The van der Waals surface area contributed by atoms with Crippen molar-refractivity contribution in [3.05, 3.63) is 64.8 Å². The van der Waals surface area contributed by atoms with Crippen molar-refractivity contribution in [3.63, 3.8) is 0 Å². The number of carbonyl (C=O) groups is 1. The maximum Gasteiger partial charge on any atom is 0.323 e. The van der Waals surface area contributed by atoms with Gasteiger partial charge in [-0.05, 0) is 41.9 Å². The zero-order valence-corrected chi connectivity index (χ0v) is 21.0. The molecule has 2 aromatic carbocycles. The van der Waals surface area contributed by atoms with E-state index in [-0.39, 0.29) is 17.9 Å². The van der Waals surface area contributed by atoms with Crippen LogP contribution in [0.4, 0.5) is 22.1 Å². The van der Waals surface area contributed by atoms with Crippen molar-refractivity contribution < 1.29 is 4.79 Å². The average Bonchev–Trinajstić information content (AvgIpc) is 3.34. The Morgan fingerprint density at radius 1 is 0.941 bits per heavy atom. The number of amides is 2. The number of halogens is 1. The van der Waals surface area contributed by atoms with Gasteiger partial charge >= 0.3 is 6.03 Å². The fraction of sp³-hybridized carbons (Fsp3) is 0.370. The van der Waals surface area contributed by atoms with Gasteiger partial charge in [-0.15, -0.1) is 0 Å². The third-order valence-corrected chi connectivity index (χ3v) is 6.48. The first-order chi connectivity index (χ1) is 16.3. The lowest BCUT2D eigenvalue weighted by molar-refractivity contribution is 0.262. The lowest BCUT2D eigenvalue weighted by Crippen LogP contribution is -2.24. The molecule has 1 fully saturated rings. The topological polar surface area (TPSA) is 70.2 Å². The molecule has 7 heteroatoms. The van der Waals surface area contributed by atoms with Gasteiger partial charge in [0.25, 0.3) is 0 Å². The minimum atomic E-state index is -0.333. The van der Waals surface area contributed by atoms with E-state index < -0.39 is 0 Å². The maximum absolute atomic E-state index is 13.2. The molecule has 0 radical (unpaired) electrons. The molecule has 0 atom stereocenters. The molecule has 0 bridgehead atoms. The number of para-hydroxylation sites is 1. The molecule has 0 saturated carbocycles. The van der Waals surface area contributed by atoms with Crippen LogP contribution in [-0.4, -0.2) is 29.1 Å². The number of urea groups is 1. The van der Waals surface area contributed by atoms with Crippen molar-refractivity contribution in [2.75, 3.05) is 28.6 Å². The Bertz CT molecular complexity index is 1150. The predicted molar refractivity (Wildman–Crippen MR) is 141 cm³/mol. The van der Waals surface area contributed by atoms with Gasteiger partial charge in [0.2, 0.25) is 5.95 Å². The van der Waals surface area contributed by atoms with E-state index in [9.17, 15) is 4.79 Å². The number of nitrogens with zero attached hydrogens (tertiary/aromatic N) is 3. The van der Waals surface area contributed by atoms with Crippen molar-refractivity contribution in [1.82, 2.24) is 9.97 Å². The molecule has 2 amide bonds. The van der Waals surface area contributed by atoms with Crippen LogP contribution in [0.3, 0.4) is 0 Å². The predicted octanol–water partition coefficient (Wildman–Crippen LogP) is 7.29. The van der Waals surface area contributed by atoms with Gasteiger partial charge < -0.3 is 15.5 Å². The van der Waals surface area contributed by atoms with Crippen LogP contribution in [0.15, 0.2) is 48.7 Å². The van der Waals surface area contributed by atoms with Gasteiger partial charge in [-0.25, -0.2) is 14.8 Å². The molecule has 3 aromatic rings. The van der Waals surface area contributed by atoms with E-state index in [4.69, 9.17) is 16.6 Å². The summed E-state index contributed by atoms with van der Waals surface area (Å²) < 4.78 is 0. The summed E-state index contributed by atoms with van der Waals surface area (Å²) in [6.07, 6.45) is 3.93. The number of hydrogen-bond donors (Lipinski definition) is 2. The molecule has 1 aliphatic heterocycles. The van der Waals surface area contributed by atoms with Crippen molar-refractivity contribution >= 4 is 35.0 Å². The van der Waals surface area contributed by atoms with Gasteiger partial charge in [0.1, 0.15) is 5.69 Å². The van der Waals surface area contributed by atoms with Crippen LogP contribution in [0.1, 0.15) is 63.5 Å². The van der Waals surface area contributed by atoms with Crippen LogP contribution in [0.5, 0.6) is 0 Å². The molecule has 0 aliphatic carbocycles. The van der Waals surface area contributed by atoms with Gasteiger partial charge in [0.15, 0.2) is 0 Å². The van der Waals surface area contributed by atoms with Gasteiger partial charge in [0, 0.05) is 24.3 Å². The summed E-state index contributed by atoms with van der Waals surface area (Å²) in [5.74, 6) is 1.21. The highest BCUT2D eigenvalue weighted by Crippen LogP contribution is 2.35. The SMILES string of the molecule is CC(C)c1cccc(C(C)C)c1NC(=O)Nc1cnc(N2CCCC2)nc1-c1ccccc1Cl. The Hall–Kier alpha value is -3.12. The highest BCUT2D eigenvalue weighted by atomic mass is 35.5. The number of aromatic nitrogens is 2. The molecule has 2 heterocycles. The van der Waals surface area contributed by atoms with Gasteiger partial charge in [-0.1, -0.05) is 75.7 Å². The second-order valence-electron chi connectivity index (χ2n) is 9.31. The highest BCUT2D eigenvalue weighted by Gasteiger charge is 2.21. The van der Waals surface area contributed by atoms with Crippen LogP contribution in [0.2, 0.25) is 5.02 Å². The van der Waals surface area contributed by atoms with Crippen LogP contribution >= 0.6 is 11.6 Å². The molecule has 1 aliphatic rings. The maximum atomic E-state index is 13.2. The number of hydrogen-bond acceptors (Lipinski definition) is 4. The fourth-order valence-corrected chi connectivity index (χ4v) is 4.58. The number of rotatable bonds is 6. The molecule has 0 unspecified atom stereocenters. The zero-order chi connectivity index (χ0) is 24.2. The third kappa shape index (κ3) is 5.17. The first kappa shape index (κ1) is 24.0. The smallest absolute Gasteiger partial charge is 0.323 e. The second-order valence-corrected chi connectivity index (χ2v) is 9.71. The van der Waals surface area contributed by atoms with Crippen LogP contribution in [-0.2, 0) is 0 Å². The van der Waals surface area contributed by atoms with Crippen LogP contribution < -0.4 is 15.5 Å². The lowest BCUT2D eigenvalue weighted by Gasteiger charge is -2.21. The quantitative estimate of drug-likeness (QED) is 0.391. The summed E-state index contributed by atoms with van der Waals surface area (Å²) in [4.78, 5) is 24.8. The summed E-state index contributed by atoms with van der Waals surface area (Å²) >= 11 is 6.52. The van der Waals surface area contributed by atoms with E-state index in [0.29, 0.717) is 22.4 Å². The fourth-order valence-electron chi connectivity index (χ4n) is 4.35. The minimum absolute atomic E-state index is 0.274. The molecule has 1 aromatic heterocycles. The van der Waals surface area contributed by atoms with Gasteiger partial charge in [0.05, 0.1) is 16.9 Å². The monoisotopic (exact) mass is 477 g/mol. The third-order valence-electron chi connectivity index (χ3n) is 6.15. The molecule has 2 N–H and O–H groups in total. The Morgan fingerprint density at radius 2 is 1.59 bits per heavy atom. The molecule has 0 spiro atoms. The Labute approximate surface area is 206 Å². The summed E-state index contributed by atoms with van der Waals surface area (Å²) in [6, 6.07) is 13.4. The number of anilines is 3. The van der Waals surface area contributed by atoms with E-state index in [1.54, 1.807) is 6.20 Å². The van der Waals surface area contributed by atoms with Crippen molar-refractivity contribution in [3.8, 4) is 11.3 Å². The largest absolute Gasteiger partial charge is 0.341 e. The number of benzene rings is 2. The molecule has 178 valence electrons. The minimum Gasteiger partial charge on any atom is -0.341 e. The van der Waals surface area contributed by atoms with E-state index in [2.05, 4.69) is 60.3 Å². The molecular weight excluding hydrogens is 446 g/mol. The Kier molecular flexibility index (Phi) is 7.37. The van der Waals surface area contributed by atoms with Crippen molar-refractivity contribution in [1.29, 1.82) is 0 Å². The first-order valence-corrected chi connectivity index (χ1v) is 12.3. The normalized spacial score (nSPS) is 13.6. The van der Waals surface area contributed by atoms with E-state index in [0.717, 1.165) is 48.3 Å². The van der Waals surface area contributed by atoms with E-state index in [1.165, 1.54) is 0 Å². The summed E-state index contributed by atoms with van der Waals surface area (Å²) in [5, 5.41) is 6.66. The number of nitrogens with one attached hydrogen (secondary N) is 2. The van der Waals surface area contributed by atoms with Crippen LogP contribution in [0.25, 0.3) is 11.3 Å². The molecule has 34 heavy (non-hydrogen) atoms. The van der Waals surface area contributed by atoms with E-state index in [1.807, 2.05) is 30.3 Å². The molecule has 6 nitrogen and oxygen atoms in total. The van der Waals surface area contributed by atoms with Gasteiger partial charge in [-0.3, -0.25) is 0 Å². The standard InChI is InChI=1S/C27H32ClN5O/c1-17(2)19-11-9-12-20(18(3)4)24(19)32-27(34)30-23-16-29-26(33-14-7-8-15-33)31-25(23)21-10-5-6-13-22(21)28/h5-6,9-13,16-18H,7-8,14-15H2,1-4H3,(H2,30,32,34). The Balaban J connectivity index is 1.68. The van der Waals surface area contributed by atoms with Gasteiger partial charge in [-0.2, -0.15) is 0 Å². The first-order valence-electron chi connectivity index (χ1n) is 11.9. The second kappa shape index (κ2) is 10.4. The average molecular weight is 478 g/mol. The highest BCUT2D eigenvalue weighted by molar-refractivity contribution is 6.33. The summed E-state index contributed by atoms with van der Waals surface area (Å²) in [5.41, 5.74) is 4.95. The lowest BCUT2D eigenvalue weighted by atomic mass is 9.93. The molecule has 4 rings (SSSR count). The van der Waals surface area contributed by atoms with E-state index >= 15 is 0 Å².